The van der Waals surface area contributed by atoms with Crippen molar-refractivity contribution in [1.29, 1.82) is 0 Å². The predicted molar refractivity (Wildman–Crippen MR) is 157 cm³/mol. The van der Waals surface area contributed by atoms with E-state index in [2.05, 4.69) is 0 Å². The highest BCUT2D eigenvalue weighted by atomic mass is 16.6. The van der Waals surface area contributed by atoms with Gasteiger partial charge in [-0.2, -0.15) is 0 Å². The van der Waals surface area contributed by atoms with E-state index in [4.69, 9.17) is 23.7 Å². The van der Waals surface area contributed by atoms with Gasteiger partial charge in [-0.15, -0.1) is 0 Å². The summed E-state index contributed by atoms with van der Waals surface area (Å²) in [6.07, 6.45) is 0.0874. The lowest BCUT2D eigenvalue weighted by Crippen LogP contribution is -2.43. The molecule has 0 aromatic heterocycles. The first kappa shape index (κ1) is 32.2. The molecule has 226 valence electrons. The van der Waals surface area contributed by atoms with Gasteiger partial charge in [0, 0.05) is 50.8 Å². The summed E-state index contributed by atoms with van der Waals surface area (Å²) in [5, 5.41) is 0. The fourth-order valence-electron chi connectivity index (χ4n) is 4.71. The van der Waals surface area contributed by atoms with Gasteiger partial charge in [0.2, 0.25) is 0 Å². The fraction of sp³-hybridized carbons (Fsp3) is 0.562. The van der Waals surface area contributed by atoms with Crippen molar-refractivity contribution in [2.75, 3.05) is 47.1 Å². The van der Waals surface area contributed by atoms with E-state index in [1.807, 2.05) is 69.9 Å². The van der Waals surface area contributed by atoms with Gasteiger partial charge in [0.15, 0.2) is 11.5 Å². The number of hydrogen-bond donors (Lipinski definition) is 0. The Labute approximate surface area is 244 Å². The second-order valence-electron chi connectivity index (χ2n) is 11.6. The number of hydrogen-bond acceptors (Lipinski definition) is 7. The molecule has 0 N–H and O–H groups in total. The number of carbonyl (C=O) groups excluding carboxylic acids is 2. The normalized spacial score (nSPS) is 17.0. The van der Waals surface area contributed by atoms with Crippen LogP contribution in [0.2, 0.25) is 0 Å². The second kappa shape index (κ2) is 15.1. The summed E-state index contributed by atoms with van der Waals surface area (Å²) in [7, 11) is 3.22. The fourth-order valence-corrected chi connectivity index (χ4v) is 4.71. The molecule has 0 bridgehead atoms. The maximum Gasteiger partial charge on any atom is 0.410 e. The highest BCUT2D eigenvalue weighted by molar-refractivity contribution is 5.95. The van der Waals surface area contributed by atoms with Crippen LogP contribution in [0.25, 0.3) is 0 Å². The molecule has 3 rings (SSSR count). The second-order valence-corrected chi connectivity index (χ2v) is 11.6. The van der Waals surface area contributed by atoms with Crippen LogP contribution in [0, 0.1) is 5.92 Å². The van der Waals surface area contributed by atoms with Gasteiger partial charge in [-0.3, -0.25) is 4.79 Å². The zero-order valence-electron chi connectivity index (χ0n) is 25.6. The Morgan fingerprint density at radius 2 is 1.73 bits per heavy atom. The van der Waals surface area contributed by atoms with Crippen LogP contribution in [0.4, 0.5) is 4.79 Å². The van der Waals surface area contributed by atoms with E-state index in [0.29, 0.717) is 56.5 Å². The van der Waals surface area contributed by atoms with Gasteiger partial charge in [-0.1, -0.05) is 30.3 Å². The number of amides is 2. The van der Waals surface area contributed by atoms with E-state index in [1.165, 1.54) is 0 Å². The molecule has 9 nitrogen and oxygen atoms in total. The number of carbonyl (C=O) groups is 2. The van der Waals surface area contributed by atoms with E-state index in [-0.39, 0.29) is 30.1 Å². The number of methoxy groups -OCH3 is 2. The van der Waals surface area contributed by atoms with Gasteiger partial charge >= 0.3 is 6.09 Å². The van der Waals surface area contributed by atoms with Crippen LogP contribution in [-0.4, -0.2) is 86.6 Å². The van der Waals surface area contributed by atoms with E-state index < -0.39 is 5.60 Å². The van der Waals surface area contributed by atoms with Crippen LogP contribution in [0.1, 0.15) is 57.0 Å². The number of nitrogens with zero attached hydrogens (tertiary/aromatic N) is 2. The molecule has 1 fully saturated rings. The highest BCUT2D eigenvalue weighted by Gasteiger charge is 2.40. The predicted octanol–water partition coefficient (Wildman–Crippen LogP) is 5.41. The minimum absolute atomic E-state index is 0.0824. The summed E-state index contributed by atoms with van der Waals surface area (Å²) < 4.78 is 28.5. The maximum absolute atomic E-state index is 13.9. The molecule has 0 unspecified atom stereocenters. The Morgan fingerprint density at radius 1 is 1.00 bits per heavy atom. The molecule has 0 saturated carbocycles. The Hall–Kier alpha value is -3.30. The summed E-state index contributed by atoms with van der Waals surface area (Å²) in [5.41, 5.74) is 0.952. The van der Waals surface area contributed by atoms with Crippen molar-refractivity contribution < 1.29 is 33.3 Å². The molecule has 1 aliphatic heterocycles. The van der Waals surface area contributed by atoms with Crippen molar-refractivity contribution in [3.8, 4) is 11.5 Å². The van der Waals surface area contributed by atoms with Gasteiger partial charge < -0.3 is 33.5 Å². The lowest BCUT2D eigenvalue weighted by Gasteiger charge is -2.31. The molecule has 1 heterocycles. The Kier molecular flexibility index (Phi) is 11.8. The highest BCUT2D eigenvalue weighted by Crippen LogP contribution is 2.30. The van der Waals surface area contributed by atoms with Crippen molar-refractivity contribution in [3.63, 3.8) is 0 Å². The number of ether oxygens (including phenoxy) is 5. The molecule has 41 heavy (non-hydrogen) atoms. The number of benzene rings is 2. The summed E-state index contributed by atoms with van der Waals surface area (Å²) in [4.78, 5) is 30.3. The largest absolute Gasteiger partial charge is 0.493 e. The molecule has 2 aromatic rings. The van der Waals surface area contributed by atoms with Gasteiger partial charge in [-0.05, 0) is 58.4 Å². The Balaban J connectivity index is 1.79. The standard InChI is InChI=1S/C32H46N2O7/c1-23(2)34(30(35)25-14-15-27(38-7)28(18-25)39-17-11-16-37-6)20-26-19-33(31(36)41-32(3,4)5)21-29(26)40-22-24-12-9-8-10-13-24/h8-10,12-15,18,23,26,29H,11,16-17,19-22H2,1-7H3/t26-,29-/m1/s1. The van der Waals surface area contributed by atoms with Gasteiger partial charge in [0.05, 0.1) is 33.0 Å². The topological polar surface area (TPSA) is 86.8 Å². The minimum Gasteiger partial charge on any atom is -0.493 e. The van der Waals surface area contributed by atoms with E-state index in [1.54, 1.807) is 37.3 Å². The van der Waals surface area contributed by atoms with Crippen LogP contribution in [0.5, 0.6) is 11.5 Å². The summed E-state index contributed by atoms with van der Waals surface area (Å²) in [6.45, 7) is 12.2. The molecule has 0 spiro atoms. The Morgan fingerprint density at radius 3 is 2.37 bits per heavy atom. The van der Waals surface area contributed by atoms with Gasteiger partial charge in [-0.25, -0.2) is 4.79 Å². The zero-order valence-corrected chi connectivity index (χ0v) is 25.6. The SMILES string of the molecule is COCCCOc1cc(C(=O)N(C[C@H]2CN(C(=O)OC(C)(C)C)C[C@H]2OCc2ccccc2)C(C)C)ccc1OC. The average molecular weight is 571 g/mol. The third-order valence-electron chi connectivity index (χ3n) is 6.82. The number of rotatable bonds is 13. The summed E-state index contributed by atoms with van der Waals surface area (Å²) >= 11 is 0. The van der Waals surface area contributed by atoms with E-state index in [9.17, 15) is 9.59 Å². The van der Waals surface area contributed by atoms with E-state index in [0.717, 1.165) is 12.0 Å². The van der Waals surface area contributed by atoms with Gasteiger partial charge in [0.1, 0.15) is 5.60 Å². The molecule has 1 aliphatic rings. The quantitative estimate of drug-likeness (QED) is 0.298. The van der Waals surface area contributed by atoms with Crippen LogP contribution in [-0.2, 0) is 20.8 Å². The van der Waals surface area contributed by atoms with Crippen molar-refractivity contribution >= 4 is 12.0 Å². The average Bonchev–Trinajstić information content (AvgIpc) is 3.35. The molecular formula is C32H46N2O7. The van der Waals surface area contributed by atoms with Gasteiger partial charge in [0.25, 0.3) is 5.91 Å². The molecule has 2 aromatic carbocycles. The first-order valence-corrected chi connectivity index (χ1v) is 14.3. The minimum atomic E-state index is -0.604. The molecule has 2 amide bonds. The zero-order chi connectivity index (χ0) is 30.0. The van der Waals surface area contributed by atoms with Crippen LogP contribution >= 0.6 is 0 Å². The van der Waals surface area contributed by atoms with Crippen molar-refractivity contribution in [3.05, 3.63) is 59.7 Å². The number of likely N-dealkylation sites (tertiary alicyclic amines) is 1. The van der Waals surface area contributed by atoms with Crippen molar-refractivity contribution in [1.82, 2.24) is 9.80 Å². The van der Waals surface area contributed by atoms with Crippen molar-refractivity contribution in [2.24, 2.45) is 5.92 Å². The molecule has 0 aliphatic carbocycles. The lowest BCUT2D eigenvalue weighted by molar-refractivity contribution is 0.00622. The van der Waals surface area contributed by atoms with Crippen LogP contribution < -0.4 is 9.47 Å². The van der Waals surface area contributed by atoms with Crippen molar-refractivity contribution in [2.45, 2.75) is 65.4 Å². The molecule has 1 saturated heterocycles. The summed E-state index contributed by atoms with van der Waals surface area (Å²) in [6, 6.07) is 15.1. The third kappa shape index (κ3) is 9.64. The summed E-state index contributed by atoms with van der Waals surface area (Å²) in [5.74, 6) is 0.856. The Bertz CT molecular complexity index is 1120. The smallest absolute Gasteiger partial charge is 0.410 e. The van der Waals surface area contributed by atoms with Crippen LogP contribution in [0.15, 0.2) is 48.5 Å². The monoisotopic (exact) mass is 570 g/mol. The first-order chi connectivity index (χ1) is 19.5. The molecular weight excluding hydrogens is 524 g/mol. The molecule has 2 atom stereocenters. The van der Waals surface area contributed by atoms with E-state index >= 15 is 0 Å². The maximum atomic E-state index is 13.9. The van der Waals surface area contributed by atoms with Crippen LogP contribution in [0.3, 0.4) is 0 Å². The third-order valence-corrected chi connectivity index (χ3v) is 6.82. The molecule has 9 heteroatoms. The lowest BCUT2D eigenvalue weighted by atomic mass is 10.0. The first-order valence-electron chi connectivity index (χ1n) is 14.3. The molecule has 0 radical (unpaired) electrons.